The van der Waals surface area contributed by atoms with Crippen LogP contribution in [0.15, 0.2) is 33.5 Å². The van der Waals surface area contributed by atoms with Gasteiger partial charge >= 0.3 is 5.63 Å². The van der Waals surface area contributed by atoms with Crippen molar-refractivity contribution in [3.05, 3.63) is 40.2 Å². The van der Waals surface area contributed by atoms with Gasteiger partial charge in [0.1, 0.15) is 11.3 Å². The van der Waals surface area contributed by atoms with Gasteiger partial charge < -0.3 is 14.3 Å². The summed E-state index contributed by atoms with van der Waals surface area (Å²) in [5.41, 5.74) is 1.11. The maximum absolute atomic E-state index is 11.7. The largest absolute Gasteiger partial charge is 0.497 e. The summed E-state index contributed by atoms with van der Waals surface area (Å²) in [4.78, 5) is 13.9. The van der Waals surface area contributed by atoms with Crippen molar-refractivity contribution >= 4 is 11.0 Å². The number of nitrogens with zero attached hydrogens (tertiary/aromatic N) is 1. The first kappa shape index (κ1) is 14.1. The molecule has 1 aromatic carbocycles. The summed E-state index contributed by atoms with van der Waals surface area (Å²) >= 11 is 0. The number of rotatable bonds is 3. The van der Waals surface area contributed by atoms with Crippen molar-refractivity contribution in [3.63, 3.8) is 0 Å². The first-order chi connectivity index (χ1) is 10.2. The lowest BCUT2D eigenvalue weighted by molar-refractivity contribution is 0.0670. The predicted octanol–water partition coefficient (Wildman–Crippen LogP) is 1.76. The Morgan fingerprint density at radius 1 is 1.43 bits per heavy atom. The highest BCUT2D eigenvalue weighted by Crippen LogP contribution is 2.24. The number of piperidine rings is 1. The third kappa shape index (κ3) is 3.09. The number of benzene rings is 1. The molecule has 5 nitrogen and oxygen atoms in total. The van der Waals surface area contributed by atoms with Crippen LogP contribution in [0.3, 0.4) is 0 Å². The summed E-state index contributed by atoms with van der Waals surface area (Å²) < 4.78 is 10.4. The second-order valence-corrected chi connectivity index (χ2v) is 5.48. The van der Waals surface area contributed by atoms with Gasteiger partial charge in [-0.2, -0.15) is 0 Å². The molecule has 2 heterocycles. The van der Waals surface area contributed by atoms with Gasteiger partial charge in [0.05, 0.1) is 13.2 Å². The van der Waals surface area contributed by atoms with Gasteiger partial charge in [-0.15, -0.1) is 0 Å². The van der Waals surface area contributed by atoms with Crippen molar-refractivity contribution in [1.82, 2.24) is 4.90 Å². The molecule has 2 aromatic rings. The molecule has 0 radical (unpaired) electrons. The fourth-order valence-electron chi connectivity index (χ4n) is 2.88. The van der Waals surface area contributed by atoms with Crippen LogP contribution in [0.1, 0.15) is 18.4 Å². The van der Waals surface area contributed by atoms with Crippen molar-refractivity contribution in [2.45, 2.75) is 25.5 Å². The number of ether oxygens (including phenoxy) is 1. The zero-order chi connectivity index (χ0) is 14.8. The lowest BCUT2D eigenvalue weighted by atomic mass is 10.1. The molecule has 21 heavy (non-hydrogen) atoms. The molecule has 0 aliphatic carbocycles. The monoisotopic (exact) mass is 289 g/mol. The molecular formula is C16H19NO4. The maximum atomic E-state index is 11.7. The minimum atomic E-state index is -0.358. The molecule has 3 rings (SSSR count). The van der Waals surface area contributed by atoms with Gasteiger partial charge in [-0.3, -0.25) is 4.90 Å². The van der Waals surface area contributed by atoms with Crippen LogP contribution in [0.25, 0.3) is 11.0 Å². The Bertz CT molecular complexity index is 694. The molecule has 5 heteroatoms. The van der Waals surface area contributed by atoms with E-state index in [4.69, 9.17) is 9.15 Å². The molecule has 1 fully saturated rings. The van der Waals surface area contributed by atoms with Gasteiger partial charge in [0.2, 0.25) is 0 Å². The van der Waals surface area contributed by atoms with E-state index >= 15 is 0 Å². The quantitative estimate of drug-likeness (QED) is 0.872. The van der Waals surface area contributed by atoms with Crippen molar-refractivity contribution in [2.24, 2.45) is 0 Å². The fourth-order valence-corrected chi connectivity index (χ4v) is 2.88. The molecule has 1 atom stereocenters. The summed E-state index contributed by atoms with van der Waals surface area (Å²) in [6.45, 7) is 2.23. The SMILES string of the molecule is COc1ccc2c(CN3CCC[C@H](O)C3)cc(=O)oc2c1. The Hall–Kier alpha value is -1.85. The average molecular weight is 289 g/mol. The molecule has 1 aliphatic heterocycles. The van der Waals surface area contributed by atoms with E-state index in [1.54, 1.807) is 13.2 Å². The fraction of sp³-hybridized carbons (Fsp3) is 0.438. The molecule has 0 saturated carbocycles. The number of hydrogen-bond acceptors (Lipinski definition) is 5. The van der Waals surface area contributed by atoms with Crippen LogP contribution >= 0.6 is 0 Å². The second-order valence-electron chi connectivity index (χ2n) is 5.48. The maximum Gasteiger partial charge on any atom is 0.336 e. The highest BCUT2D eigenvalue weighted by atomic mass is 16.5. The number of aliphatic hydroxyl groups excluding tert-OH is 1. The number of β-amino-alcohol motifs (C(OH)–C–C–N with tert-alkyl or cyclic N) is 1. The highest BCUT2D eigenvalue weighted by molar-refractivity contribution is 5.81. The summed E-state index contributed by atoms with van der Waals surface area (Å²) in [5.74, 6) is 0.663. The zero-order valence-corrected chi connectivity index (χ0v) is 12.0. The molecule has 1 saturated heterocycles. The minimum absolute atomic E-state index is 0.273. The van der Waals surface area contributed by atoms with Crippen LogP contribution in [-0.4, -0.2) is 36.3 Å². The third-order valence-corrected chi connectivity index (χ3v) is 3.91. The lowest BCUT2D eigenvalue weighted by Gasteiger charge is -2.30. The standard InChI is InChI=1S/C16H19NO4/c1-20-13-4-5-14-11(7-16(19)21-15(14)8-13)9-17-6-2-3-12(18)10-17/h4-5,7-8,12,18H,2-3,6,9-10H2,1H3/t12-/m0/s1. The van der Waals surface area contributed by atoms with E-state index < -0.39 is 0 Å². The molecule has 1 N–H and O–H groups in total. The van der Waals surface area contributed by atoms with Gasteiger partial charge in [-0.1, -0.05) is 0 Å². The number of likely N-dealkylation sites (tertiary alicyclic amines) is 1. The van der Waals surface area contributed by atoms with Crippen molar-refractivity contribution < 1.29 is 14.3 Å². The first-order valence-electron chi connectivity index (χ1n) is 7.17. The summed E-state index contributed by atoms with van der Waals surface area (Å²) in [6, 6.07) is 7.03. The molecule has 112 valence electrons. The lowest BCUT2D eigenvalue weighted by Crippen LogP contribution is -2.37. The van der Waals surface area contributed by atoms with E-state index in [2.05, 4.69) is 4.90 Å². The van der Waals surface area contributed by atoms with Crippen molar-refractivity contribution in [3.8, 4) is 5.75 Å². The summed E-state index contributed by atoms with van der Waals surface area (Å²) in [7, 11) is 1.58. The van der Waals surface area contributed by atoms with E-state index in [1.165, 1.54) is 6.07 Å². The Balaban J connectivity index is 1.95. The molecule has 0 bridgehead atoms. The number of fused-ring (bicyclic) bond motifs is 1. The Morgan fingerprint density at radius 2 is 2.29 bits per heavy atom. The molecule has 0 unspecified atom stereocenters. The van der Waals surface area contributed by atoms with Crippen LogP contribution in [0.4, 0.5) is 0 Å². The van der Waals surface area contributed by atoms with E-state index in [-0.39, 0.29) is 11.7 Å². The predicted molar refractivity (Wildman–Crippen MR) is 79.6 cm³/mol. The van der Waals surface area contributed by atoms with Gasteiger partial charge in [0, 0.05) is 30.6 Å². The van der Waals surface area contributed by atoms with E-state index in [0.29, 0.717) is 24.4 Å². The summed E-state index contributed by atoms with van der Waals surface area (Å²) in [6.07, 6.45) is 1.56. The zero-order valence-electron chi connectivity index (χ0n) is 12.0. The van der Waals surface area contributed by atoms with Crippen LogP contribution in [0.2, 0.25) is 0 Å². The molecule has 1 aromatic heterocycles. The van der Waals surface area contributed by atoms with Crippen LogP contribution in [-0.2, 0) is 6.54 Å². The van der Waals surface area contributed by atoms with Crippen molar-refractivity contribution in [1.29, 1.82) is 0 Å². The van der Waals surface area contributed by atoms with E-state index in [1.807, 2.05) is 12.1 Å². The summed E-state index contributed by atoms with van der Waals surface area (Å²) in [5, 5.41) is 10.7. The van der Waals surface area contributed by atoms with Gasteiger partial charge in [0.15, 0.2) is 0 Å². The Labute approximate surface area is 122 Å². The second kappa shape index (κ2) is 5.87. The number of hydrogen-bond donors (Lipinski definition) is 1. The first-order valence-corrected chi connectivity index (χ1v) is 7.17. The molecular weight excluding hydrogens is 270 g/mol. The van der Waals surface area contributed by atoms with Crippen LogP contribution in [0.5, 0.6) is 5.75 Å². The Kier molecular flexibility index (Phi) is 3.94. The number of aliphatic hydroxyl groups is 1. The normalized spacial score (nSPS) is 19.8. The third-order valence-electron chi connectivity index (χ3n) is 3.91. The number of methoxy groups -OCH3 is 1. The van der Waals surface area contributed by atoms with Crippen LogP contribution in [0, 0.1) is 0 Å². The van der Waals surface area contributed by atoms with Gasteiger partial charge in [-0.05, 0) is 37.1 Å². The minimum Gasteiger partial charge on any atom is -0.497 e. The van der Waals surface area contributed by atoms with Gasteiger partial charge in [-0.25, -0.2) is 4.79 Å². The van der Waals surface area contributed by atoms with Crippen molar-refractivity contribution in [2.75, 3.05) is 20.2 Å². The topological polar surface area (TPSA) is 62.9 Å². The van der Waals surface area contributed by atoms with E-state index in [9.17, 15) is 9.90 Å². The molecule has 0 amide bonds. The molecule has 0 spiro atoms. The van der Waals surface area contributed by atoms with Gasteiger partial charge in [0.25, 0.3) is 0 Å². The van der Waals surface area contributed by atoms with Crippen LogP contribution < -0.4 is 10.4 Å². The molecule has 1 aliphatic rings. The highest BCUT2D eigenvalue weighted by Gasteiger charge is 2.19. The van der Waals surface area contributed by atoms with E-state index in [0.717, 1.165) is 30.3 Å². The Morgan fingerprint density at radius 3 is 3.05 bits per heavy atom. The smallest absolute Gasteiger partial charge is 0.336 e. The average Bonchev–Trinajstić information content (AvgIpc) is 2.46.